The summed E-state index contributed by atoms with van der Waals surface area (Å²) >= 11 is 0. The average molecular weight is 349 g/mol. The molecule has 0 unspecified atom stereocenters. The third kappa shape index (κ3) is 4.29. The molecule has 7 heteroatoms. The largest absolute Gasteiger partial charge is 0.496 e. The van der Waals surface area contributed by atoms with Gasteiger partial charge in [0, 0.05) is 5.56 Å². The number of methoxy groups -OCH3 is 1. The van der Waals surface area contributed by atoms with Crippen molar-refractivity contribution < 1.29 is 28.9 Å². The zero-order valence-electron chi connectivity index (χ0n) is 15.0. The summed E-state index contributed by atoms with van der Waals surface area (Å²) < 4.78 is 10.3. The number of nitrogens with zero attached hydrogens (tertiary/aromatic N) is 1. The number of amides is 2. The first-order chi connectivity index (χ1) is 12.1. The van der Waals surface area contributed by atoms with E-state index in [-0.39, 0.29) is 5.91 Å². The maximum atomic E-state index is 12.2. The van der Waals surface area contributed by atoms with Crippen LogP contribution in [0, 0.1) is 6.92 Å². The van der Waals surface area contributed by atoms with E-state index in [1.807, 2.05) is 6.07 Å². The number of piperazine rings is 1. The van der Waals surface area contributed by atoms with Gasteiger partial charge in [-0.2, -0.15) is 0 Å². The molecule has 2 saturated heterocycles. The highest BCUT2D eigenvalue weighted by atomic mass is 16.6. The van der Waals surface area contributed by atoms with Gasteiger partial charge in [-0.25, -0.2) is 9.69 Å². The van der Waals surface area contributed by atoms with Crippen LogP contribution >= 0.6 is 0 Å². The molecule has 0 saturated carbocycles. The van der Waals surface area contributed by atoms with E-state index in [2.05, 4.69) is 19.1 Å². The Labute approximate surface area is 148 Å². The molecule has 0 aromatic heterocycles. The quantitative estimate of drug-likeness (QED) is 0.663. The summed E-state index contributed by atoms with van der Waals surface area (Å²) in [5.74, 6) is 0.817. The highest BCUT2D eigenvalue weighted by molar-refractivity contribution is 5.93. The molecule has 2 fully saturated rings. The van der Waals surface area contributed by atoms with E-state index < -0.39 is 6.09 Å². The lowest BCUT2D eigenvalue weighted by molar-refractivity contribution is -1.02. The minimum absolute atomic E-state index is 0.124. The molecule has 2 N–H and O–H groups in total. The minimum atomic E-state index is -0.500. The number of rotatable bonds is 5. The standard InChI is InChI=1S/C18H25N3O4/c1-14-3-4-16(24-2)15(11-14)12-19-5-7-20(8-6-19)13-17(22)21-9-10-25-18(21)23/h3-4,11H,5-10,12-13H2,1-2H3/p+2. The number of benzene rings is 1. The molecule has 2 amide bonds. The van der Waals surface area contributed by atoms with Gasteiger partial charge in [-0.1, -0.05) is 11.6 Å². The van der Waals surface area contributed by atoms with E-state index in [1.54, 1.807) is 7.11 Å². The third-order valence-corrected chi connectivity index (χ3v) is 5.00. The van der Waals surface area contributed by atoms with Crippen LogP contribution in [0.5, 0.6) is 5.75 Å². The van der Waals surface area contributed by atoms with Crippen molar-refractivity contribution in [1.82, 2.24) is 4.90 Å². The summed E-state index contributed by atoms with van der Waals surface area (Å²) in [6.07, 6.45) is -0.500. The second-order valence-corrected chi connectivity index (χ2v) is 6.83. The van der Waals surface area contributed by atoms with Crippen molar-refractivity contribution in [2.24, 2.45) is 0 Å². The molecule has 25 heavy (non-hydrogen) atoms. The Hall–Kier alpha value is -2.12. The van der Waals surface area contributed by atoms with E-state index in [0.29, 0.717) is 19.7 Å². The SMILES string of the molecule is COc1ccc(C)cc1C[NH+]1CC[NH+](CC(=O)N2CCOC2=O)CC1. The number of aryl methyl sites for hydroxylation is 1. The maximum Gasteiger partial charge on any atom is 0.416 e. The van der Waals surface area contributed by atoms with E-state index >= 15 is 0 Å². The van der Waals surface area contributed by atoms with Crippen molar-refractivity contribution in [2.45, 2.75) is 13.5 Å². The molecule has 1 aromatic carbocycles. The monoisotopic (exact) mass is 349 g/mol. The van der Waals surface area contributed by atoms with Crippen LogP contribution in [0.4, 0.5) is 4.79 Å². The summed E-state index contributed by atoms with van der Waals surface area (Å²) in [6, 6.07) is 6.28. The van der Waals surface area contributed by atoms with Crippen molar-refractivity contribution in [3.05, 3.63) is 29.3 Å². The van der Waals surface area contributed by atoms with Gasteiger partial charge in [-0.3, -0.25) is 4.79 Å². The number of nitrogens with one attached hydrogen (secondary N) is 2. The van der Waals surface area contributed by atoms with Crippen molar-refractivity contribution in [2.75, 3.05) is 53.0 Å². The highest BCUT2D eigenvalue weighted by Crippen LogP contribution is 2.18. The topological polar surface area (TPSA) is 64.7 Å². The van der Waals surface area contributed by atoms with Gasteiger partial charge in [0.05, 0.1) is 13.7 Å². The van der Waals surface area contributed by atoms with Gasteiger partial charge in [-0.05, 0) is 19.1 Å². The molecule has 136 valence electrons. The Balaban J connectivity index is 1.50. The van der Waals surface area contributed by atoms with Crippen molar-refractivity contribution in [3.63, 3.8) is 0 Å². The molecule has 0 atom stereocenters. The first kappa shape index (κ1) is 17.7. The van der Waals surface area contributed by atoms with Gasteiger partial charge in [0.2, 0.25) is 0 Å². The zero-order chi connectivity index (χ0) is 17.8. The van der Waals surface area contributed by atoms with Gasteiger partial charge < -0.3 is 19.3 Å². The molecule has 2 aliphatic heterocycles. The molecule has 0 spiro atoms. The van der Waals surface area contributed by atoms with Crippen LogP contribution in [-0.4, -0.2) is 69.9 Å². The smallest absolute Gasteiger partial charge is 0.416 e. The van der Waals surface area contributed by atoms with Crippen LogP contribution in [-0.2, 0) is 16.1 Å². The highest BCUT2D eigenvalue weighted by Gasteiger charge is 2.32. The Morgan fingerprint density at radius 1 is 1.24 bits per heavy atom. The van der Waals surface area contributed by atoms with Crippen LogP contribution in [0.3, 0.4) is 0 Å². The summed E-state index contributed by atoms with van der Waals surface area (Å²) in [7, 11) is 1.71. The normalized spacial score (nSPS) is 23.4. The Kier molecular flexibility index (Phi) is 5.55. The number of cyclic esters (lactones) is 1. The number of hydrogen-bond acceptors (Lipinski definition) is 4. The lowest BCUT2D eigenvalue weighted by Gasteiger charge is -2.30. The van der Waals surface area contributed by atoms with E-state index in [1.165, 1.54) is 25.8 Å². The minimum Gasteiger partial charge on any atom is -0.496 e. The number of imide groups is 1. The summed E-state index contributed by atoms with van der Waals surface area (Å²) in [5.41, 5.74) is 2.47. The number of ether oxygens (including phenoxy) is 2. The van der Waals surface area contributed by atoms with Crippen LogP contribution in [0.2, 0.25) is 0 Å². The maximum absolute atomic E-state index is 12.2. The number of carbonyl (C=O) groups excluding carboxylic acids is 2. The zero-order valence-corrected chi connectivity index (χ0v) is 15.0. The molecule has 3 rings (SSSR count). The molecule has 7 nitrogen and oxygen atoms in total. The van der Waals surface area contributed by atoms with Gasteiger partial charge >= 0.3 is 6.09 Å². The first-order valence-corrected chi connectivity index (χ1v) is 8.84. The fourth-order valence-electron chi connectivity index (χ4n) is 3.55. The Morgan fingerprint density at radius 3 is 2.60 bits per heavy atom. The fraction of sp³-hybridized carbons (Fsp3) is 0.556. The van der Waals surface area contributed by atoms with E-state index in [9.17, 15) is 9.59 Å². The predicted molar refractivity (Wildman–Crippen MR) is 90.8 cm³/mol. The fourth-order valence-corrected chi connectivity index (χ4v) is 3.55. The Bertz CT molecular complexity index is 641. The average Bonchev–Trinajstić information content (AvgIpc) is 3.03. The molecule has 0 radical (unpaired) electrons. The molecule has 1 aromatic rings. The van der Waals surface area contributed by atoms with Crippen LogP contribution in [0.1, 0.15) is 11.1 Å². The molecular weight excluding hydrogens is 322 g/mol. The predicted octanol–water partition coefficient (Wildman–Crippen LogP) is -1.73. The first-order valence-electron chi connectivity index (χ1n) is 8.84. The van der Waals surface area contributed by atoms with Gasteiger partial charge in [-0.15, -0.1) is 0 Å². The lowest BCUT2D eigenvalue weighted by Crippen LogP contribution is -3.28. The van der Waals surface area contributed by atoms with E-state index in [0.717, 1.165) is 38.5 Å². The molecule has 0 aliphatic carbocycles. The number of quaternary nitrogens is 2. The van der Waals surface area contributed by atoms with Crippen LogP contribution in [0.25, 0.3) is 0 Å². The number of carbonyl (C=O) groups is 2. The van der Waals surface area contributed by atoms with Gasteiger partial charge in [0.1, 0.15) is 45.1 Å². The second kappa shape index (κ2) is 7.84. The van der Waals surface area contributed by atoms with Crippen molar-refractivity contribution >= 4 is 12.0 Å². The second-order valence-electron chi connectivity index (χ2n) is 6.83. The van der Waals surface area contributed by atoms with Gasteiger partial charge in [0.25, 0.3) is 5.91 Å². The van der Waals surface area contributed by atoms with Crippen molar-refractivity contribution in [3.8, 4) is 5.75 Å². The van der Waals surface area contributed by atoms with Crippen LogP contribution in [0.15, 0.2) is 18.2 Å². The molecule has 0 bridgehead atoms. The van der Waals surface area contributed by atoms with E-state index in [4.69, 9.17) is 9.47 Å². The van der Waals surface area contributed by atoms with Gasteiger partial charge in [0.15, 0.2) is 6.54 Å². The van der Waals surface area contributed by atoms with Crippen molar-refractivity contribution in [1.29, 1.82) is 0 Å². The Morgan fingerprint density at radius 2 is 1.96 bits per heavy atom. The summed E-state index contributed by atoms with van der Waals surface area (Å²) in [5, 5.41) is 0. The summed E-state index contributed by atoms with van der Waals surface area (Å²) in [4.78, 5) is 27.6. The lowest BCUT2D eigenvalue weighted by atomic mass is 10.1. The number of hydrogen-bond donors (Lipinski definition) is 2. The molecular formula is C18H27N3O4+2. The molecule has 2 aliphatic rings. The molecule has 2 heterocycles. The third-order valence-electron chi connectivity index (χ3n) is 5.00. The van der Waals surface area contributed by atoms with Crippen LogP contribution < -0.4 is 14.5 Å². The summed E-state index contributed by atoms with van der Waals surface area (Å²) in [6.45, 7) is 7.96.